The number of fused-ring (bicyclic) bond motifs is 5. The zero-order valence-electron chi connectivity index (χ0n) is 33.4. The van der Waals surface area contributed by atoms with Gasteiger partial charge in [-0.15, -0.1) is 6.58 Å². The molecule has 5 atom stereocenters. The highest BCUT2D eigenvalue weighted by Crippen LogP contribution is 2.46. The lowest BCUT2D eigenvalue weighted by atomic mass is 9.85. The van der Waals surface area contributed by atoms with Crippen LogP contribution in [0, 0.1) is 11.3 Å². The number of methoxy groups -OCH3 is 1. The fraction of sp³-hybridized carbons (Fsp3) is 0.488. The number of halogens is 1. The Morgan fingerprint density at radius 1 is 1.05 bits per heavy atom. The Balaban J connectivity index is 1.25. The lowest BCUT2D eigenvalue weighted by Gasteiger charge is -2.36. The van der Waals surface area contributed by atoms with Crippen molar-refractivity contribution in [3.8, 4) is 11.6 Å². The van der Waals surface area contributed by atoms with Crippen molar-refractivity contribution >= 4 is 78.3 Å². The van der Waals surface area contributed by atoms with E-state index >= 15 is 0 Å². The maximum Gasteiger partial charge on any atom is 0.408 e. The molecule has 2 aliphatic carbocycles. The molecule has 3 aliphatic rings. The van der Waals surface area contributed by atoms with Gasteiger partial charge in [0.15, 0.2) is 5.58 Å². The van der Waals surface area contributed by atoms with Gasteiger partial charge in [0, 0.05) is 28.1 Å². The van der Waals surface area contributed by atoms with Gasteiger partial charge in [-0.25, -0.2) is 18.2 Å². The van der Waals surface area contributed by atoms with E-state index < -0.39 is 79.7 Å². The molecule has 0 spiro atoms. The summed E-state index contributed by atoms with van der Waals surface area (Å²) in [5, 5.41) is 7.10. The number of sulfonamides is 1. The first kappa shape index (κ1) is 41.1. The summed E-state index contributed by atoms with van der Waals surface area (Å²) >= 11 is 6.48. The van der Waals surface area contributed by atoms with E-state index in [4.69, 9.17) is 35.2 Å². The third-order valence-corrected chi connectivity index (χ3v) is 12.7. The second kappa shape index (κ2) is 14.6. The van der Waals surface area contributed by atoms with Crippen LogP contribution in [0.5, 0.6) is 11.6 Å². The Morgan fingerprint density at radius 3 is 2.40 bits per heavy atom. The van der Waals surface area contributed by atoms with Crippen molar-refractivity contribution in [2.75, 3.05) is 13.7 Å². The van der Waals surface area contributed by atoms with Crippen molar-refractivity contribution in [3.05, 3.63) is 54.1 Å². The number of carbonyl (C=O) groups excluding carboxylic acids is 4. The average Bonchev–Trinajstić information content (AvgIpc) is 4.04. The molecule has 1 aliphatic heterocycles. The van der Waals surface area contributed by atoms with E-state index in [1.807, 2.05) is 0 Å². The molecule has 15 nitrogen and oxygen atoms in total. The van der Waals surface area contributed by atoms with Crippen LogP contribution in [0.2, 0.25) is 5.02 Å². The Hall–Kier alpha value is -5.09. The average molecular weight is 838 g/mol. The van der Waals surface area contributed by atoms with Crippen LogP contribution in [-0.4, -0.2) is 90.3 Å². The predicted molar refractivity (Wildman–Crippen MR) is 217 cm³/mol. The van der Waals surface area contributed by atoms with E-state index in [1.54, 1.807) is 85.1 Å². The molecule has 0 bridgehead atoms. The lowest BCUT2D eigenvalue weighted by Crippen LogP contribution is -2.60. The first-order chi connectivity index (χ1) is 27.1. The van der Waals surface area contributed by atoms with Crippen molar-refractivity contribution in [3.63, 3.8) is 0 Å². The summed E-state index contributed by atoms with van der Waals surface area (Å²) in [5.74, 6) is -1.98. The molecule has 2 saturated carbocycles. The summed E-state index contributed by atoms with van der Waals surface area (Å²) in [6.07, 6.45) is 0.760. The topological polar surface area (TPSA) is 195 Å². The molecule has 4 aromatic rings. The Bertz CT molecular complexity index is 2470. The molecule has 0 radical (unpaired) electrons. The first-order valence-corrected chi connectivity index (χ1v) is 21.0. The van der Waals surface area contributed by atoms with Gasteiger partial charge in [0.05, 0.1) is 24.3 Å². The summed E-state index contributed by atoms with van der Waals surface area (Å²) in [7, 11) is -2.38. The van der Waals surface area contributed by atoms with Crippen molar-refractivity contribution in [2.45, 2.75) is 102 Å². The number of aromatic nitrogens is 1. The molecule has 3 fully saturated rings. The van der Waals surface area contributed by atoms with E-state index in [-0.39, 0.29) is 25.3 Å². The SMILES string of the molecule is C=C[C@@H]1C[C@]1(NC(=O)[C@@H]1C[C@@H](Oc2nc3c4cc(OC)ccc4oc3c3ccc(Cl)cc23)CN1C(=O)[C@@H](NC(=O)OC(C)(C)C)C(C)(C)C)C(=O)NS(=O)(=O)C1CC1. The Labute approximate surface area is 341 Å². The van der Waals surface area contributed by atoms with Crippen LogP contribution in [0.1, 0.15) is 67.2 Å². The standard InChI is InChI=1S/C41H48ClN5O10S/c1-9-21-19-41(21,37(50)46-58(52,53)25-12-13-25)45-34(48)29-18-24(20-47(29)36(49)33(39(2,3)4)44-38(51)57-40(5,6)7)55-35-27-16-22(42)10-14-26(27)32-31(43-35)28-17-23(54-8)11-15-30(28)56-32/h9-11,14-17,21,24-25,29,33H,1,12-13,18-20H2,2-8H3,(H,44,51)(H,45,48)(H,46,50)/t21-,24-,29+,33-,41-/m1/s1. The number of amides is 4. The van der Waals surface area contributed by atoms with Crippen molar-refractivity contribution in [2.24, 2.45) is 11.3 Å². The lowest BCUT2D eigenvalue weighted by molar-refractivity contribution is -0.143. The largest absolute Gasteiger partial charge is 0.497 e. The zero-order chi connectivity index (χ0) is 42.1. The van der Waals surface area contributed by atoms with Gasteiger partial charge in [-0.2, -0.15) is 0 Å². The molecular weight excluding hydrogens is 790 g/mol. The van der Waals surface area contributed by atoms with E-state index in [2.05, 4.69) is 21.9 Å². The van der Waals surface area contributed by atoms with E-state index in [9.17, 15) is 27.6 Å². The highest BCUT2D eigenvalue weighted by Gasteiger charge is 2.62. The molecule has 7 rings (SSSR count). The quantitative estimate of drug-likeness (QED) is 0.156. The number of hydrogen-bond acceptors (Lipinski definition) is 11. The summed E-state index contributed by atoms with van der Waals surface area (Å²) in [4.78, 5) is 62.1. The van der Waals surface area contributed by atoms with Gasteiger partial charge in [-0.1, -0.05) is 38.4 Å². The minimum absolute atomic E-state index is 0.0561. The molecular formula is C41H48ClN5O10S. The minimum atomic E-state index is -3.94. The first-order valence-electron chi connectivity index (χ1n) is 19.1. The monoisotopic (exact) mass is 837 g/mol. The molecule has 2 aromatic heterocycles. The van der Waals surface area contributed by atoms with Crippen molar-refractivity contribution in [1.29, 1.82) is 0 Å². The van der Waals surface area contributed by atoms with Crippen LogP contribution in [0.4, 0.5) is 4.79 Å². The van der Waals surface area contributed by atoms with Crippen molar-refractivity contribution in [1.82, 2.24) is 25.2 Å². The maximum absolute atomic E-state index is 14.7. The Kier molecular flexibility index (Phi) is 10.4. The molecule has 3 N–H and O–H groups in total. The third-order valence-electron chi connectivity index (χ3n) is 10.7. The number of rotatable bonds is 11. The highest BCUT2D eigenvalue weighted by molar-refractivity contribution is 7.91. The van der Waals surface area contributed by atoms with Crippen LogP contribution in [0.3, 0.4) is 0 Å². The second-order valence-electron chi connectivity index (χ2n) is 17.4. The number of carbonyl (C=O) groups is 4. The maximum atomic E-state index is 14.7. The van der Waals surface area contributed by atoms with Gasteiger partial charge in [-0.3, -0.25) is 19.1 Å². The number of pyridine rings is 1. The minimum Gasteiger partial charge on any atom is -0.497 e. The van der Waals surface area contributed by atoms with Crippen LogP contribution in [0.25, 0.3) is 32.8 Å². The summed E-state index contributed by atoms with van der Waals surface area (Å²) < 4.78 is 51.6. The fourth-order valence-corrected chi connectivity index (χ4v) is 8.96. The van der Waals surface area contributed by atoms with E-state index in [0.717, 1.165) is 0 Å². The fourth-order valence-electron chi connectivity index (χ4n) is 7.42. The Morgan fingerprint density at radius 2 is 1.78 bits per heavy atom. The van der Waals surface area contributed by atoms with Gasteiger partial charge in [0.25, 0.3) is 5.91 Å². The molecule has 1 saturated heterocycles. The summed E-state index contributed by atoms with van der Waals surface area (Å²) in [5.41, 5.74) is -1.76. The highest BCUT2D eigenvalue weighted by atomic mass is 35.5. The van der Waals surface area contributed by atoms with Crippen LogP contribution in [0.15, 0.2) is 53.5 Å². The smallest absolute Gasteiger partial charge is 0.408 e. The van der Waals surface area contributed by atoms with Gasteiger partial charge in [0.2, 0.25) is 27.7 Å². The van der Waals surface area contributed by atoms with Crippen molar-refractivity contribution < 1.29 is 46.2 Å². The van der Waals surface area contributed by atoms with Gasteiger partial charge >= 0.3 is 6.09 Å². The number of nitrogens with one attached hydrogen (secondary N) is 3. The number of hydrogen-bond donors (Lipinski definition) is 3. The summed E-state index contributed by atoms with van der Waals surface area (Å²) in [6.45, 7) is 14.1. The zero-order valence-corrected chi connectivity index (χ0v) is 35.0. The number of ether oxygens (including phenoxy) is 3. The summed E-state index contributed by atoms with van der Waals surface area (Å²) in [6, 6.07) is 8.17. The molecule has 58 heavy (non-hydrogen) atoms. The molecule has 310 valence electrons. The van der Waals surface area contributed by atoms with Gasteiger partial charge in [0.1, 0.15) is 46.2 Å². The normalized spacial score (nSPS) is 22.7. The number of likely N-dealkylation sites (tertiary alicyclic amines) is 1. The van der Waals surface area contributed by atoms with Gasteiger partial charge < -0.3 is 34.2 Å². The number of alkyl carbamates (subject to hydrolysis) is 1. The van der Waals surface area contributed by atoms with Gasteiger partial charge in [-0.05, 0) is 81.8 Å². The molecule has 3 heterocycles. The molecule has 2 aromatic carbocycles. The number of benzene rings is 2. The predicted octanol–water partition coefficient (Wildman–Crippen LogP) is 5.75. The number of nitrogens with zero attached hydrogens (tertiary/aromatic N) is 2. The second-order valence-corrected chi connectivity index (χ2v) is 19.8. The third kappa shape index (κ3) is 8.00. The van der Waals surface area contributed by atoms with E-state index in [0.29, 0.717) is 56.5 Å². The number of furan rings is 1. The van der Waals surface area contributed by atoms with Crippen LogP contribution in [-0.2, 0) is 29.1 Å². The molecule has 4 amide bonds. The molecule has 17 heteroatoms. The van der Waals surface area contributed by atoms with E-state index in [1.165, 1.54) is 11.0 Å². The van der Waals surface area contributed by atoms with Crippen LogP contribution < -0.4 is 24.8 Å². The van der Waals surface area contributed by atoms with Crippen LogP contribution >= 0.6 is 11.6 Å². The molecule has 0 unspecified atom stereocenters.